The van der Waals surface area contributed by atoms with Crippen molar-refractivity contribution in [1.29, 1.82) is 5.26 Å². The van der Waals surface area contributed by atoms with Gasteiger partial charge in [-0.3, -0.25) is 0 Å². The quantitative estimate of drug-likeness (QED) is 0.845. The molecule has 4 heteroatoms. The summed E-state index contributed by atoms with van der Waals surface area (Å²) in [4.78, 5) is 0. The zero-order chi connectivity index (χ0) is 14.4. The van der Waals surface area contributed by atoms with Crippen molar-refractivity contribution >= 4 is 17.3 Å². The van der Waals surface area contributed by atoms with Crippen LogP contribution in [0.5, 0.6) is 5.75 Å². The number of aryl methyl sites for hydroxylation is 1. The van der Waals surface area contributed by atoms with Gasteiger partial charge in [0.25, 0.3) is 0 Å². The predicted octanol–water partition coefficient (Wildman–Crippen LogP) is 4.01. The maximum absolute atomic E-state index is 8.70. The fourth-order valence-electron chi connectivity index (χ4n) is 1.74. The minimum atomic E-state index is 0.524. The summed E-state index contributed by atoms with van der Waals surface area (Å²) in [6.45, 7) is 3.18. The number of benzene rings is 2. The Bertz CT molecular complexity index is 617. The number of ether oxygens (including phenoxy) is 1. The lowest BCUT2D eigenvalue weighted by atomic mass is 10.2. The van der Waals surface area contributed by atoms with Gasteiger partial charge in [-0.2, -0.15) is 5.26 Å². The zero-order valence-corrected chi connectivity index (χ0v) is 11.9. The third-order valence-corrected chi connectivity index (χ3v) is 3.11. The van der Waals surface area contributed by atoms with Crippen LogP contribution in [0.25, 0.3) is 0 Å². The molecule has 0 spiro atoms. The number of hydrogen-bond acceptors (Lipinski definition) is 3. The Morgan fingerprint density at radius 1 is 1.20 bits per heavy atom. The second-order valence-corrected chi connectivity index (χ2v) is 4.80. The molecule has 3 nitrogen and oxygen atoms in total. The van der Waals surface area contributed by atoms with Gasteiger partial charge in [0, 0.05) is 6.54 Å². The summed E-state index contributed by atoms with van der Waals surface area (Å²) in [7, 11) is 0. The van der Waals surface area contributed by atoms with E-state index in [-0.39, 0.29) is 0 Å². The first-order chi connectivity index (χ1) is 9.69. The van der Waals surface area contributed by atoms with E-state index in [4.69, 9.17) is 21.6 Å². The highest BCUT2D eigenvalue weighted by atomic mass is 35.5. The topological polar surface area (TPSA) is 45.0 Å². The number of nitrogens with zero attached hydrogens (tertiary/aromatic N) is 1. The molecule has 2 aromatic carbocycles. The summed E-state index contributed by atoms with van der Waals surface area (Å²) in [6, 6.07) is 15.0. The largest absolute Gasteiger partial charge is 0.492 e. The lowest BCUT2D eigenvalue weighted by Crippen LogP contribution is -2.11. The average Bonchev–Trinajstić information content (AvgIpc) is 2.46. The van der Waals surface area contributed by atoms with Crippen LogP contribution < -0.4 is 10.1 Å². The molecule has 20 heavy (non-hydrogen) atoms. The lowest BCUT2D eigenvalue weighted by molar-refractivity contribution is 0.333. The Balaban J connectivity index is 1.80. The van der Waals surface area contributed by atoms with Crippen LogP contribution in [-0.2, 0) is 0 Å². The van der Waals surface area contributed by atoms with Gasteiger partial charge in [-0.05, 0) is 48.9 Å². The summed E-state index contributed by atoms with van der Waals surface area (Å²) < 4.78 is 5.58. The molecule has 0 amide bonds. The van der Waals surface area contributed by atoms with Gasteiger partial charge in [-0.1, -0.05) is 17.7 Å². The van der Waals surface area contributed by atoms with Crippen LogP contribution in [0.15, 0.2) is 42.5 Å². The summed E-state index contributed by atoms with van der Waals surface area (Å²) in [5.74, 6) is 0.751. The highest BCUT2D eigenvalue weighted by molar-refractivity contribution is 6.33. The molecule has 0 radical (unpaired) electrons. The molecule has 0 aliphatic carbocycles. The second-order valence-electron chi connectivity index (χ2n) is 4.39. The summed E-state index contributed by atoms with van der Waals surface area (Å²) in [5, 5.41) is 12.6. The van der Waals surface area contributed by atoms with E-state index in [2.05, 4.69) is 11.4 Å². The number of nitriles is 1. The van der Waals surface area contributed by atoms with E-state index in [1.165, 1.54) is 0 Å². The van der Waals surface area contributed by atoms with Gasteiger partial charge in [-0.25, -0.2) is 0 Å². The molecule has 0 aliphatic rings. The minimum Gasteiger partial charge on any atom is -0.492 e. The van der Waals surface area contributed by atoms with E-state index in [1.54, 1.807) is 24.3 Å². The highest BCUT2D eigenvalue weighted by Gasteiger charge is 2.00. The van der Waals surface area contributed by atoms with E-state index in [0.29, 0.717) is 23.7 Å². The molecule has 102 valence electrons. The molecule has 0 unspecified atom stereocenters. The van der Waals surface area contributed by atoms with Crippen molar-refractivity contribution in [3.63, 3.8) is 0 Å². The molecule has 1 N–H and O–H groups in total. The van der Waals surface area contributed by atoms with Gasteiger partial charge in [-0.15, -0.1) is 0 Å². The molecule has 0 atom stereocenters. The van der Waals surface area contributed by atoms with Crippen LogP contribution in [0.2, 0.25) is 5.02 Å². The van der Waals surface area contributed by atoms with Crippen LogP contribution in [-0.4, -0.2) is 13.2 Å². The molecule has 0 fully saturated rings. The average molecular weight is 287 g/mol. The molecule has 0 bridgehead atoms. The van der Waals surface area contributed by atoms with Crippen molar-refractivity contribution in [2.45, 2.75) is 6.92 Å². The van der Waals surface area contributed by atoms with Crippen LogP contribution in [0.1, 0.15) is 11.1 Å². The number of halogens is 1. The number of hydrogen-bond donors (Lipinski definition) is 1. The van der Waals surface area contributed by atoms with Crippen LogP contribution in [0.3, 0.4) is 0 Å². The molecular weight excluding hydrogens is 272 g/mol. The molecule has 0 saturated carbocycles. The summed E-state index contributed by atoms with van der Waals surface area (Å²) >= 11 is 6.12. The molecular formula is C16H15ClN2O. The van der Waals surface area contributed by atoms with E-state index in [0.717, 1.165) is 17.0 Å². The van der Waals surface area contributed by atoms with Gasteiger partial charge >= 0.3 is 0 Å². The third-order valence-electron chi connectivity index (χ3n) is 2.79. The maximum Gasteiger partial charge on any atom is 0.119 e. The van der Waals surface area contributed by atoms with Crippen LogP contribution in [0.4, 0.5) is 5.69 Å². The van der Waals surface area contributed by atoms with E-state index >= 15 is 0 Å². The Morgan fingerprint density at radius 3 is 2.60 bits per heavy atom. The van der Waals surface area contributed by atoms with Crippen molar-refractivity contribution in [2.24, 2.45) is 0 Å². The first-order valence-electron chi connectivity index (χ1n) is 6.32. The Labute approximate surface area is 123 Å². The smallest absolute Gasteiger partial charge is 0.119 e. The Hall–Kier alpha value is -2.18. The first-order valence-corrected chi connectivity index (χ1v) is 6.70. The molecule has 0 heterocycles. The molecule has 2 rings (SSSR count). The van der Waals surface area contributed by atoms with Gasteiger partial charge in [0.2, 0.25) is 0 Å². The van der Waals surface area contributed by atoms with E-state index in [9.17, 15) is 0 Å². The van der Waals surface area contributed by atoms with Crippen molar-refractivity contribution in [2.75, 3.05) is 18.5 Å². The molecule has 0 saturated heterocycles. The number of rotatable bonds is 5. The standard InChI is InChI=1S/C16H15ClN2O/c1-12-2-7-16(15(17)10-12)19-8-9-20-14-5-3-13(11-18)4-6-14/h2-7,10,19H,8-9H2,1H3. The highest BCUT2D eigenvalue weighted by Crippen LogP contribution is 2.22. The maximum atomic E-state index is 8.70. The fourth-order valence-corrected chi connectivity index (χ4v) is 2.05. The summed E-state index contributed by atoms with van der Waals surface area (Å²) in [6.07, 6.45) is 0. The molecule has 0 aromatic heterocycles. The first kappa shape index (κ1) is 14.2. The van der Waals surface area contributed by atoms with Gasteiger partial charge in [0.15, 0.2) is 0 Å². The Kier molecular flexibility index (Phi) is 4.86. The van der Waals surface area contributed by atoms with E-state index in [1.807, 2.05) is 25.1 Å². The van der Waals surface area contributed by atoms with Crippen molar-refractivity contribution in [3.05, 3.63) is 58.6 Å². The monoisotopic (exact) mass is 286 g/mol. The fraction of sp³-hybridized carbons (Fsp3) is 0.188. The SMILES string of the molecule is Cc1ccc(NCCOc2ccc(C#N)cc2)c(Cl)c1. The van der Waals surface area contributed by atoms with E-state index < -0.39 is 0 Å². The van der Waals surface area contributed by atoms with Gasteiger partial charge in [0.1, 0.15) is 12.4 Å². The van der Waals surface area contributed by atoms with Crippen LogP contribution in [0, 0.1) is 18.3 Å². The lowest BCUT2D eigenvalue weighted by Gasteiger charge is -2.10. The second kappa shape index (κ2) is 6.83. The number of nitrogens with one attached hydrogen (secondary N) is 1. The van der Waals surface area contributed by atoms with Crippen molar-refractivity contribution < 1.29 is 4.74 Å². The third kappa shape index (κ3) is 3.91. The predicted molar refractivity (Wildman–Crippen MR) is 81.3 cm³/mol. The van der Waals surface area contributed by atoms with Gasteiger partial charge in [0.05, 0.1) is 22.3 Å². The minimum absolute atomic E-state index is 0.524. The molecule has 0 aliphatic heterocycles. The van der Waals surface area contributed by atoms with Crippen molar-refractivity contribution in [3.8, 4) is 11.8 Å². The number of anilines is 1. The van der Waals surface area contributed by atoms with Crippen LogP contribution >= 0.6 is 11.6 Å². The zero-order valence-electron chi connectivity index (χ0n) is 11.2. The summed E-state index contributed by atoms with van der Waals surface area (Å²) in [5.41, 5.74) is 2.66. The Morgan fingerprint density at radius 2 is 1.95 bits per heavy atom. The van der Waals surface area contributed by atoms with Crippen molar-refractivity contribution in [1.82, 2.24) is 0 Å². The molecule has 2 aromatic rings. The van der Waals surface area contributed by atoms with Gasteiger partial charge < -0.3 is 10.1 Å². The normalized spacial score (nSPS) is 9.85.